The molecule has 0 amide bonds. The highest BCUT2D eigenvalue weighted by atomic mass is 19.4. The highest BCUT2D eigenvalue weighted by Crippen LogP contribution is 2.40. The molecule has 0 radical (unpaired) electrons. The van der Waals surface area contributed by atoms with Gasteiger partial charge in [-0.05, 0) is 0 Å². The number of benzene rings is 1. The minimum atomic E-state index is -5.19. The Kier molecular flexibility index (Phi) is 4.17. The zero-order chi connectivity index (χ0) is 18.3. The van der Waals surface area contributed by atoms with Crippen molar-refractivity contribution in [3.63, 3.8) is 0 Å². The van der Waals surface area contributed by atoms with E-state index < -0.39 is 51.6 Å². The summed E-state index contributed by atoms with van der Waals surface area (Å²) in [5.41, 5.74) is -6.72. The molecule has 1 heterocycles. The quantitative estimate of drug-likeness (QED) is 0.507. The van der Waals surface area contributed by atoms with Gasteiger partial charge < -0.3 is 9.52 Å². The number of allylic oxidation sites excluding steroid dienone is 1. The van der Waals surface area contributed by atoms with Gasteiger partial charge in [0.25, 0.3) is 0 Å². The van der Waals surface area contributed by atoms with Crippen LogP contribution in [0.25, 0.3) is 16.5 Å². The molecule has 0 saturated heterocycles. The largest absolute Gasteiger partial charge is 0.478 e. The molecule has 0 atom stereocenters. The summed E-state index contributed by atoms with van der Waals surface area (Å²) < 4.78 is 82.6. The van der Waals surface area contributed by atoms with Crippen molar-refractivity contribution >= 4 is 22.5 Å². The predicted molar refractivity (Wildman–Crippen MR) is 69.2 cm³/mol. The van der Waals surface area contributed by atoms with Crippen LogP contribution in [-0.2, 0) is 11.0 Å². The van der Waals surface area contributed by atoms with E-state index in [4.69, 9.17) is 5.11 Å². The number of fused-ring (bicyclic) bond motifs is 1. The van der Waals surface area contributed by atoms with Gasteiger partial charge in [-0.25, -0.2) is 9.59 Å². The van der Waals surface area contributed by atoms with E-state index in [1.165, 1.54) is 0 Å². The van der Waals surface area contributed by atoms with E-state index in [1.807, 2.05) is 0 Å². The molecule has 4 nitrogen and oxygen atoms in total. The Morgan fingerprint density at radius 2 is 1.75 bits per heavy atom. The molecule has 0 aliphatic rings. The molecule has 24 heavy (non-hydrogen) atoms. The number of para-hydroxylation sites is 1. The van der Waals surface area contributed by atoms with Crippen LogP contribution in [0.2, 0.25) is 0 Å². The zero-order valence-electron chi connectivity index (χ0n) is 11.3. The lowest BCUT2D eigenvalue weighted by Gasteiger charge is -2.14. The molecular weight excluding hydrogens is 346 g/mol. The predicted octanol–water partition coefficient (Wildman–Crippen LogP) is 3.84. The van der Waals surface area contributed by atoms with Crippen LogP contribution >= 0.6 is 0 Å². The van der Waals surface area contributed by atoms with E-state index in [1.54, 1.807) is 0 Å². The molecule has 0 fully saturated rings. The summed E-state index contributed by atoms with van der Waals surface area (Å²) in [5, 5.41) is 7.78. The first-order valence-corrected chi connectivity index (χ1v) is 6.07. The first-order chi connectivity index (χ1) is 10.9. The fraction of sp³-hybridized carbons (Fsp3) is 0.143. The van der Waals surface area contributed by atoms with Crippen LogP contribution in [0.15, 0.2) is 39.6 Å². The molecule has 0 unspecified atom stereocenters. The van der Waals surface area contributed by atoms with E-state index in [2.05, 4.69) is 4.42 Å². The monoisotopic (exact) mass is 352 g/mol. The lowest BCUT2D eigenvalue weighted by molar-refractivity contribution is -0.136. The van der Waals surface area contributed by atoms with Crippen molar-refractivity contribution in [2.75, 3.05) is 0 Å². The maximum absolute atomic E-state index is 13.1. The number of alkyl halides is 6. The van der Waals surface area contributed by atoms with E-state index in [9.17, 15) is 35.9 Å². The third-order valence-electron chi connectivity index (χ3n) is 2.94. The fourth-order valence-electron chi connectivity index (χ4n) is 2.07. The second-order valence-electron chi connectivity index (χ2n) is 4.55. The Labute approximate surface area is 128 Å². The van der Waals surface area contributed by atoms with Gasteiger partial charge in [0.1, 0.15) is 5.58 Å². The summed E-state index contributed by atoms with van der Waals surface area (Å²) in [6.45, 7) is 0. The first-order valence-electron chi connectivity index (χ1n) is 6.07. The number of carbonyl (C=O) groups is 1. The van der Waals surface area contributed by atoms with Gasteiger partial charge in [-0.2, -0.15) is 26.3 Å². The first kappa shape index (κ1) is 17.6. The topological polar surface area (TPSA) is 67.5 Å². The summed E-state index contributed by atoms with van der Waals surface area (Å²) in [6, 6.07) is 2.52. The van der Waals surface area contributed by atoms with Gasteiger partial charge in [-0.15, -0.1) is 0 Å². The number of hydrogen-bond acceptors (Lipinski definition) is 3. The number of carboxylic acids is 1. The summed E-state index contributed by atoms with van der Waals surface area (Å²) in [7, 11) is 0. The zero-order valence-corrected chi connectivity index (χ0v) is 11.3. The van der Waals surface area contributed by atoms with Crippen LogP contribution in [0, 0.1) is 0 Å². The number of halogens is 6. The minimum absolute atomic E-state index is 0.111. The van der Waals surface area contributed by atoms with Gasteiger partial charge >= 0.3 is 23.9 Å². The van der Waals surface area contributed by atoms with Crippen molar-refractivity contribution < 1.29 is 40.7 Å². The molecule has 0 aliphatic carbocycles. The molecule has 1 N–H and O–H groups in total. The average molecular weight is 352 g/mol. The average Bonchev–Trinajstić information content (AvgIpc) is 2.41. The Hall–Kier alpha value is -2.78. The maximum Gasteiger partial charge on any atom is 0.417 e. The van der Waals surface area contributed by atoms with Crippen LogP contribution in [0.4, 0.5) is 26.3 Å². The van der Waals surface area contributed by atoms with Crippen LogP contribution < -0.4 is 5.63 Å². The Morgan fingerprint density at radius 3 is 2.25 bits per heavy atom. The van der Waals surface area contributed by atoms with Crippen molar-refractivity contribution in [1.82, 2.24) is 0 Å². The smallest absolute Gasteiger partial charge is 0.417 e. The molecule has 0 saturated carbocycles. The molecule has 128 valence electrons. The van der Waals surface area contributed by atoms with E-state index >= 15 is 0 Å². The van der Waals surface area contributed by atoms with Crippen LogP contribution in [0.5, 0.6) is 0 Å². The van der Waals surface area contributed by atoms with Crippen LogP contribution in [-0.4, -0.2) is 17.3 Å². The molecule has 10 heteroatoms. The van der Waals surface area contributed by atoms with E-state index in [0.29, 0.717) is 6.07 Å². The molecule has 0 bridgehead atoms. The van der Waals surface area contributed by atoms with Crippen molar-refractivity contribution in [2.45, 2.75) is 12.4 Å². The normalized spacial score (nSPS) is 13.3. The van der Waals surface area contributed by atoms with Gasteiger partial charge in [0.2, 0.25) is 0 Å². The van der Waals surface area contributed by atoms with Gasteiger partial charge in [0.05, 0.1) is 11.1 Å². The van der Waals surface area contributed by atoms with Crippen LogP contribution in [0.3, 0.4) is 0 Å². The van der Waals surface area contributed by atoms with E-state index in [-0.39, 0.29) is 12.1 Å². The second kappa shape index (κ2) is 5.69. The molecule has 0 aliphatic heterocycles. The lowest BCUT2D eigenvalue weighted by atomic mass is 9.99. The summed E-state index contributed by atoms with van der Waals surface area (Å²) in [5.74, 6) is -1.96. The third-order valence-corrected chi connectivity index (χ3v) is 2.94. The molecule has 0 spiro atoms. The van der Waals surface area contributed by atoms with Gasteiger partial charge in [0, 0.05) is 23.1 Å². The number of aliphatic carboxylic acids is 1. The highest BCUT2D eigenvalue weighted by Gasteiger charge is 2.39. The summed E-state index contributed by atoms with van der Waals surface area (Å²) in [4.78, 5) is 21.9. The maximum atomic E-state index is 13.1. The van der Waals surface area contributed by atoms with E-state index in [0.717, 1.165) is 12.1 Å². The van der Waals surface area contributed by atoms with Crippen molar-refractivity contribution in [3.05, 3.63) is 51.9 Å². The van der Waals surface area contributed by atoms with Crippen molar-refractivity contribution in [2.24, 2.45) is 0 Å². The third kappa shape index (κ3) is 3.42. The number of rotatable bonds is 2. The fourth-order valence-corrected chi connectivity index (χ4v) is 2.07. The SMILES string of the molecule is O=C(O)C=C(c1cccc2c(C(F)(F)F)cc(=O)oc12)C(F)(F)F. The second-order valence-corrected chi connectivity index (χ2v) is 4.55. The Bertz CT molecular complexity index is 889. The summed E-state index contributed by atoms with van der Waals surface area (Å²) >= 11 is 0. The van der Waals surface area contributed by atoms with Crippen molar-refractivity contribution in [3.8, 4) is 0 Å². The number of carboxylic acid groups (broad SMARTS) is 1. The highest BCUT2D eigenvalue weighted by molar-refractivity contribution is 5.98. The minimum Gasteiger partial charge on any atom is -0.478 e. The lowest BCUT2D eigenvalue weighted by Crippen LogP contribution is -2.15. The molecule has 2 aromatic rings. The standard InChI is InChI=1S/C14H6F6O4/c15-13(16,17)8(4-10(21)22)6-2-1-3-7-9(14(18,19)20)5-11(23)24-12(6)7/h1-5H,(H,21,22). The Balaban J connectivity index is 2.94. The van der Waals surface area contributed by atoms with Crippen molar-refractivity contribution in [1.29, 1.82) is 0 Å². The molecule has 1 aromatic heterocycles. The molecular formula is C14H6F6O4. The molecule has 2 rings (SSSR count). The summed E-state index contributed by atoms with van der Waals surface area (Å²) in [6.07, 6.45) is -10.4. The molecule has 1 aromatic carbocycles. The Morgan fingerprint density at radius 1 is 1.12 bits per heavy atom. The van der Waals surface area contributed by atoms with Crippen LogP contribution in [0.1, 0.15) is 11.1 Å². The van der Waals surface area contributed by atoms with Gasteiger partial charge in [0.15, 0.2) is 0 Å². The van der Waals surface area contributed by atoms with Gasteiger partial charge in [-0.1, -0.05) is 18.2 Å². The number of hydrogen-bond donors (Lipinski definition) is 1. The van der Waals surface area contributed by atoms with Gasteiger partial charge in [-0.3, -0.25) is 0 Å².